The molecule has 1 aromatic carbocycles. The highest BCUT2D eigenvalue weighted by Gasteiger charge is 2.14. The number of carbonyl (C=O) groups is 1. The minimum atomic E-state index is -0.175. The maximum absolute atomic E-state index is 12.1. The fraction of sp³-hybridized carbons (Fsp3) is 0.133. The molecule has 1 amide bonds. The van der Waals surface area contributed by atoms with Crippen molar-refractivity contribution >= 4 is 11.6 Å². The summed E-state index contributed by atoms with van der Waals surface area (Å²) in [6, 6.07) is 9.34. The molecule has 0 saturated carbocycles. The summed E-state index contributed by atoms with van der Waals surface area (Å²) >= 11 is 0. The summed E-state index contributed by atoms with van der Waals surface area (Å²) < 4.78 is 0. The van der Waals surface area contributed by atoms with Gasteiger partial charge in [0, 0.05) is 11.4 Å². The Morgan fingerprint density at radius 3 is 2.72 bits per heavy atom. The first-order chi connectivity index (χ1) is 8.66. The van der Waals surface area contributed by atoms with Gasteiger partial charge in [-0.15, -0.1) is 0 Å². The molecule has 0 radical (unpaired) electrons. The molecule has 0 fully saturated rings. The second-order valence-electron chi connectivity index (χ2n) is 4.27. The fourth-order valence-corrected chi connectivity index (χ4v) is 1.77. The lowest BCUT2D eigenvalue weighted by atomic mass is 10.1. The highest BCUT2D eigenvalue weighted by atomic mass is 16.1. The molecule has 2 rings (SSSR count). The van der Waals surface area contributed by atoms with Crippen molar-refractivity contribution in [3.8, 4) is 0 Å². The van der Waals surface area contributed by atoms with E-state index in [2.05, 4.69) is 5.32 Å². The van der Waals surface area contributed by atoms with Crippen LogP contribution in [0.1, 0.15) is 6.92 Å². The molecular formula is C15H16N2O. The van der Waals surface area contributed by atoms with Gasteiger partial charge < -0.3 is 11.1 Å². The van der Waals surface area contributed by atoms with Crippen molar-refractivity contribution < 1.29 is 4.79 Å². The summed E-state index contributed by atoms with van der Waals surface area (Å²) in [5.74, 6) is 0.0179. The number of carbonyl (C=O) groups excluding carboxylic acids is 1. The molecule has 3 nitrogen and oxygen atoms in total. The van der Waals surface area contributed by atoms with Crippen LogP contribution in [0.15, 0.2) is 65.9 Å². The average molecular weight is 240 g/mol. The third-order valence-electron chi connectivity index (χ3n) is 2.71. The molecule has 0 aromatic heterocycles. The van der Waals surface area contributed by atoms with Crippen molar-refractivity contribution in [3.63, 3.8) is 0 Å². The molecule has 1 atom stereocenters. The zero-order chi connectivity index (χ0) is 13.0. The first-order valence-electron chi connectivity index (χ1n) is 5.89. The molecule has 18 heavy (non-hydrogen) atoms. The van der Waals surface area contributed by atoms with Gasteiger partial charge in [-0.1, -0.05) is 43.4 Å². The number of benzene rings is 1. The van der Waals surface area contributed by atoms with Gasteiger partial charge in [0.1, 0.15) is 0 Å². The number of amides is 1. The minimum Gasteiger partial charge on any atom is -0.398 e. The molecule has 0 bridgehead atoms. The number of rotatable bonds is 2. The number of nitrogens with two attached hydrogens (primary N) is 1. The summed E-state index contributed by atoms with van der Waals surface area (Å²) in [7, 11) is 0. The van der Waals surface area contributed by atoms with E-state index >= 15 is 0 Å². The Labute approximate surface area is 107 Å². The fourth-order valence-electron chi connectivity index (χ4n) is 1.77. The zero-order valence-electron chi connectivity index (χ0n) is 10.3. The predicted octanol–water partition coefficient (Wildman–Crippen LogP) is 2.60. The Kier molecular flexibility index (Phi) is 3.63. The second-order valence-corrected chi connectivity index (χ2v) is 4.27. The molecule has 0 aliphatic heterocycles. The smallest absolute Gasteiger partial charge is 0.257 e. The zero-order valence-corrected chi connectivity index (χ0v) is 10.3. The van der Waals surface area contributed by atoms with Crippen molar-refractivity contribution in [1.82, 2.24) is 0 Å². The van der Waals surface area contributed by atoms with Crippen LogP contribution in [0.5, 0.6) is 0 Å². The van der Waals surface area contributed by atoms with E-state index in [0.29, 0.717) is 11.3 Å². The normalized spacial score (nSPS) is 18.6. The number of para-hydroxylation sites is 1. The lowest BCUT2D eigenvalue weighted by molar-refractivity contribution is -0.112. The lowest BCUT2D eigenvalue weighted by Crippen LogP contribution is -2.19. The van der Waals surface area contributed by atoms with E-state index in [-0.39, 0.29) is 11.8 Å². The summed E-state index contributed by atoms with van der Waals surface area (Å²) in [6.45, 7) is 2.01. The van der Waals surface area contributed by atoms with E-state index in [1.807, 2.05) is 55.5 Å². The van der Waals surface area contributed by atoms with E-state index in [1.165, 1.54) is 0 Å². The maximum atomic E-state index is 12.1. The number of allylic oxidation sites excluding steroid dienone is 4. The molecule has 0 saturated heterocycles. The quantitative estimate of drug-likeness (QED) is 0.834. The Balaban J connectivity index is 2.18. The number of anilines is 1. The number of nitrogens with one attached hydrogen (secondary N) is 1. The van der Waals surface area contributed by atoms with Gasteiger partial charge in [-0.3, -0.25) is 4.79 Å². The third-order valence-corrected chi connectivity index (χ3v) is 2.71. The van der Waals surface area contributed by atoms with Crippen LogP contribution < -0.4 is 11.1 Å². The molecule has 0 heterocycles. The van der Waals surface area contributed by atoms with Crippen LogP contribution in [0.25, 0.3) is 0 Å². The van der Waals surface area contributed by atoms with Crippen LogP contribution in [-0.4, -0.2) is 5.91 Å². The second kappa shape index (κ2) is 5.36. The monoisotopic (exact) mass is 240 g/mol. The lowest BCUT2D eigenvalue weighted by Gasteiger charge is -2.09. The molecule has 1 aliphatic rings. The molecule has 1 aliphatic carbocycles. The Hall–Kier alpha value is -2.29. The predicted molar refractivity (Wildman–Crippen MR) is 73.7 cm³/mol. The van der Waals surface area contributed by atoms with Gasteiger partial charge >= 0.3 is 0 Å². The van der Waals surface area contributed by atoms with E-state index in [1.54, 1.807) is 6.08 Å². The van der Waals surface area contributed by atoms with Crippen LogP contribution in [0.2, 0.25) is 0 Å². The van der Waals surface area contributed by atoms with Gasteiger partial charge in [0.25, 0.3) is 5.91 Å². The van der Waals surface area contributed by atoms with Gasteiger partial charge in [0.15, 0.2) is 0 Å². The van der Waals surface area contributed by atoms with Crippen molar-refractivity contribution in [2.24, 2.45) is 11.7 Å². The highest BCUT2D eigenvalue weighted by Crippen LogP contribution is 2.16. The molecule has 3 N–H and O–H groups in total. The van der Waals surface area contributed by atoms with Crippen molar-refractivity contribution in [3.05, 3.63) is 65.9 Å². The summed E-state index contributed by atoms with van der Waals surface area (Å²) in [4.78, 5) is 12.1. The van der Waals surface area contributed by atoms with E-state index in [4.69, 9.17) is 5.73 Å². The van der Waals surface area contributed by atoms with Gasteiger partial charge in [0.05, 0.1) is 5.57 Å². The van der Waals surface area contributed by atoms with Crippen LogP contribution in [-0.2, 0) is 4.79 Å². The van der Waals surface area contributed by atoms with Crippen LogP contribution in [0, 0.1) is 5.92 Å². The average Bonchev–Trinajstić information content (AvgIpc) is 2.52. The minimum absolute atomic E-state index is 0.175. The standard InChI is InChI=1S/C15H16N2O/c1-11-6-5-9-14(16)13(10-11)15(18)17-12-7-3-2-4-8-12/h2-11H,16H2,1H3,(H,17,18). The Bertz CT molecular complexity index is 527. The Morgan fingerprint density at radius 1 is 1.28 bits per heavy atom. The third kappa shape index (κ3) is 2.88. The molecule has 3 heteroatoms. The van der Waals surface area contributed by atoms with Gasteiger partial charge in [0.2, 0.25) is 0 Å². The van der Waals surface area contributed by atoms with Crippen molar-refractivity contribution in [2.45, 2.75) is 6.92 Å². The molecular weight excluding hydrogens is 224 g/mol. The summed E-state index contributed by atoms with van der Waals surface area (Å²) in [6.07, 6.45) is 7.49. The molecule has 1 aromatic rings. The largest absolute Gasteiger partial charge is 0.398 e. The summed E-state index contributed by atoms with van der Waals surface area (Å²) in [5, 5.41) is 2.83. The van der Waals surface area contributed by atoms with E-state index in [0.717, 1.165) is 5.69 Å². The molecule has 92 valence electrons. The van der Waals surface area contributed by atoms with E-state index in [9.17, 15) is 4.79 Å². The van der Waals surface area contributed by atoms with E-state index < -0.39 is 0 Å². The maximum Gasteiger partial charge on any atom is 0.257 e. The first-order valence-corrected chi connectivity index (χ1v) is 5.89. The summed E-state index contributed by atoms with van der Waals surface area (Å²) in [5.41, 5.74) is 7.66. The SMILES string of the molecule is CC1C=CC=C(N)C(C(=O)Nc2ccccc2)=C1. The van der Waals surface area contributed by atoms with Crippen molar-refractivity contribution in [2.75, 3.05) is 5.32 Å². The van der Waals surface area contributed by atoms with Gasteiger partial charge in [-0.2, -0.15) is 0 Å². The van der Waals surface area contributed by atoms with Crippen molar-refractivity contribution in [1.29, 1.82) is 0 Å². The number of hydrogen-bond acceptors (Lipinski definition) is 2. The highest BCUT2D eigenvalue weighted by molar-refractivity contribution is 6.06. The van der Waals surface area contributed by atoms with Crippen LogP contribution in [0.4, 0.5) is 5.69 Å². The topological polar surface area (TPSA) is 55.1 Å². The first kappa shape index (κ1) is 12.2. The van der Waals surface area contributed by atoms with Gasteiger partial charge in [-0.25, -0.2) is 0 Å². The van der Waals surface area contributed by atoms with Gasteiger partial charge in [-0.05, 0) is 24.1 Å². The van der Waals surface area contributed by atoms with Crippen LogP contribution in [0.3, 0.4) is 0 Å². The molecule has 0 spiro atoms. The van der Waals surface area contributed by atoms with Crippen LogP contribution >= 0.6 is 0 Å². The molecule has 1 unspecified atom stereocenters. The Morgan fingerprint density at radius 2 is 2.00 bits per heavy atom. The number of hydrogen-bond donors (Lipinski definition) is 2.